The van der Waals surface area contributed by atoms with Gasteiger partial charge in [-0.3, -0.25) is 4.79 Å². The Labute approximate surface area is 139 Å². The predicted molar refractivity (Wildman–Crippen MR) is 93.0 cm³/mol. The highest BCUT2D eigenvalue weighted by atomic mass is 16.5. The zero-order valence-corrected chi connectivity index (χ0v) is 14.8. The van der Waals surface area contributed by atoms with Gasteiger partial charge in [0, 0.05) is 12.3 Å². The SMILES string of the molecule is CCOc1ccc(NC(=O)[C@@]2(OCC)CCC[C@@H](C)C2)cc1C. The van der Waals surface area contributed by atoms with Crippen LogP contribution < -0.4 is 10.1 Å². The molecule has 0 radical (unpaired) electrons. The maximum atomic E-state index is 12.9. The van der Waals surface area contributed by atoms with Crippen LogP contribution in [0, 0.1) is 12.8 Å². The van der Waals surface area contributed by atoms with E-state index in [2.05, 4.69) is 12.2 Å². The van der Waals surface area contributed by atoms with Crippen molar-refractivity contribution in [3.05, 3.63) is 23.8 Å². The number of amides is 1. The Bertz CT molecular complexity index is 539. The minimum Gasteiger partial charge on any atom is -0.494 e. The lowest BCUT2D eigenvalue weighted by molar-refractivity contribution is -0.147. The van der Waals surface area contributed by atoms with Crippen molar-refractivity contribution in [3.8, 4) is 5.75 Å². The maximum absolute atomic E-state index is 12.9. The molecule has 0 unspecified atom stereocenters. The van der Waals surface area contributed by atoms with Crippen LogP contribution in [0.15, 0.2) is 18.2 Å². The van der Waals surface area contributed by atoms with Gasteiger partial charge in [-0.1, -0.05) is 13.3 Å². The lowest BCUT2D eigenvalue weighted by atomic mass is 9.78. The van der Waals surface area contributed by atoms with Gasteiger partial charge >= 0.3 is 0 Å². The van der Waals surface area contributed by atoms with Crippen LogP contribution in [0.25, 0.3) is 0 Å². The number of hydrogen-bond acceptors (Lipinski definition) is 3. The van der Waals surface area contributed by atoms with Crippen molar-refractivity contribution in [1.82, 2.24) is 0 Å². The zero-order chi connectivity index (χ0) is 16.9. The van der Waals surface area contributed by atoms with E-state index in [1.54, 1.807) is 0 Å². The third-order valence-electron chi connectivity index (χ3n) is 4.52. The Morgan fingerprint density at radius 1 is 1.35 bits per heavy atom. The minimum absolute atomic E-state index is 0.0190. The van der Waals surface area contributed by atoms with Gasteiger partial charge in [-0.25, -0.2) is 0 Å². The van der Waals surface area contributed by atoms with Crippen molar-refractivity contribution >= 4 is 11.6 Å². The third-order valence-corrected chi connectivity index (χ3v) is 4.52. The lowest BCUT2D eigenvalue weighted by Gasteiger charge is -2.38. The molecule has 1 aliphatic carbocycles. The van der Waals surface area contributed by atoms with Gasteiger partial charge in [0.15, 0.2) is 0 Å². The molecule has 0 bridgehead atoms. The van der Waals surface area contributed by atoms with Crippen LogP contribution in [0.5, 0.6) is 5.75 Å². The average Bonchev–Trinajstić information content (AvgIpc) is 2.50. The molecular weight excluding hydrogens is 290 g/mol. The molecule has 4 nitrogen and oxygen atoms in total. The van der Waals surface area contributed by atoms with Crippen molar-refractivity contribution in [1.29, 1.82) is 0 Å². The fraction of sp³-hybridized carbons (Fsp3) is 0.632. The summed E-state index contributed by atoms with van der Waals surface area (Å²) in [7, 11) is 0. The Balaban J connectivity index is 2.13. The fourth-order valence-electron chi connectivity index (χ4n) is 3.47. The maximum Gasteiger partial charge on any atom is 0.256 e. The van der Waals surface area contributed by atoms with E-state index in [1.807, 2.05) is 39.0 Å². The lowest BCUT2D eigenvalue weighted by Crippen LogP contribution is -2.48. The van der Waals surface area contributed by atoms with Crippen molar-refractivity contribution in [3.63, 3.8) is 0 Å². The molecule has 2 atom stereocenters. The van der Waals surface area contributed by atoms with Crippen molar-refractivity contribution in [2.45, 2.75) is 59.0 Å². The summed E-state index contributed by atoms with van der Waals surface area (Å²) in [5.41, 5.74) is 1.14. The van der Waals surface area contributed by atoms with E-state index in [0.29, 0.717) is 19.1 Å². The molecule has 128 valence electrons. The van der Waals surface area contributed by atoms with Gasteiger partial charge in [0.25, 0.3) is 5.91 Å². The number of anilines is 1. The summed E-state index contributed by atoms with van der Waals surface area (Å²) in [5, 5.41) is 3.05. The third kappa shape index (κ3) is 4.25. The molecule has 0 saturated heterocycles. The van der Waals surface area contributed by atoms with Crippen molar-refractivity contribution in [2.24, 2.45) is 5.92 Å². The highest BCUT2D eigenvalue weighted by molar-refractivity contribution is 5.97. The number of rotatable bonds is 6. The van der Waals surface area contributed by atoms with E-state index in [-0.39, 0.29) is 5.91 Å². The van der Waals surface area contributed by atoms with Crippen LogP contribution in [-0.4, -0.2) is 24.7 Å². The summed E-state index contributed by atoms with van der Waals surface area (Å²) in [4.78, 5) is 12.9. The smallest absolute Gasteiger partial charge is 0.256 e. The van der Waals surface area contributed by atoms with Crippen LogP contribution in [0.1, 0.15) is 52.0 Å². The van der Waals surface area contributed by atoms with Gasteiger partial charge in [0.2, 0.25) is 0 Å². The van der Waals surface area contributed by atoms with E-state index in [0.717, 1.165) is 36.3 Å². The number of hydrogen-bond donors (Lipinski definition) is 1. The first kappa shape index (κ1) is 17.8. The molecule has 23 heavy (non-hydrogen) atoms. The molecule has 1 N–H and O–H groups in total. The van der Waals surface area contributed by atoms with Crippen LogP contribution in [0.4, 0.5) is 5.69 Å². The number of carbonyl (C=O) groups is 1. The van der Waals surface area contributed by atoms with Crippen LogP contribution in [0.2, 0.25) is 0 Å². The van der Waals surface area contributed by atoms with Gasteiger partial charge in [-0.15, -0.1) is 0 Å². The number of ether oxygens (including phenoxy) is 2. The second-order valence-corrected chi connectivity index (χ2v) is 6.50. The van der Waals surface area contributed by atoms with Crippen LogP contribution >= 0.6 is 0 Å². The highest BCUT2D eigenvalue weighted by Crippen LogP contribution is 2.36. The van der Waals surface area contributed by atoms with E-state index in [4.69, 9.17) is 9.47 Å². The minimum atomic E-state index is -0.682. The molecule has 0 spiro atoms. The summed E-state index contributed by atoms with van der Waals surface area (Å²) in [6, 6.07) is 5.75. The normalized spacial score (nSPS) is 24.3. The second kappa shape index (κ2) is 7.82. The monoisotopic (exact) mass is 319 g/mol. The first-order valence-electron chi connectivity index (χ1n) is 8.69. The molecule has 1 saturated carbocycles. The van der Waals surface area contributed by atoms with E-state index >= 15 is 0 Å². The standard InChI is InChI=1S/C19H29NO3/c1-5-22-17-10-9-16(12-15(17)4)20-18(21)19(23-6-2)11-7-8-14(3)13-19/h9-10,12,14H,5-8,11,13H2,1-4H3,(H,20,21)/t14-,19-/m1/s1. The highest BCUT2D eigenvalue weighted by Gasteiger charge is 2.42. The molecule has 1 aromatic rings. The molecular formula is C19H29NO3. The number of benzene rings is 1. The zero-order valence-electron chi connectivity index (χ0n) is 14.8. The molecule has 2 rings (SSSR count). The Morgan fingerprint density at radius 3 is 2.74 bits per heavy atom. The summed E-state index contributed by atoms with van der Waals surface area (Å²) in [6.45, 7) is 9.30. The van der Waals surface area contributed by atoms with Gasteiger partial charge in [0.1, 0.15) is 11.4 Å². The second-order valence-electron chi connectivity index (χ2n) is 6.50. The molecule has 4 heteroatoms. The Morgan fingerprint density at radius 2 is 2.13 bits per heavy atom. The Kier molecular flexibility index (Phi) is 6.05. The molecule has 1 fully saturated rings. The topological polar surface area (TPSA) is 47.6 Å². The molecule has 0 aliphatic heterocycles. The largest absolute Gasteiger partial charge is 0.494 e. The number of carbonyl (C=O) groups excluding carboxylic acids is 1. The van der Waals surface area contributed by atoms with Gasteiger partial charge in [-0.05, 0) is 69.7 Å². The van der Waals surface area contributed by atoms with Crippen LogP contribution in [-0.2, 0) is 9.53 Å². The van der Waals surface area contributed by atoms with Crippen LogP contribution in [0.3, 0.4) is 0 Å². The van der Waals surface area contributed by atoms with Gasteiger partial charge in [-0.2, -0.15) is 0 Å². The van der Waals surface area contributed by atoms with Gasteiger partial charge < -0.3 is 14.8 Å². The molecule has 1 aliphatic rings. The summed E-state index contributed by atoms with van der Waals surface area (Å²) < 4.78 is 11.5. The number of nitrogens with one attached hydrogen (secondary N) is 1. The fourth-order valence-corrected chi connectivity index (χ4v) is 3.47. The summed E-state index contributed by atoms with van der Waals surface area (Å²) in [6.07, 6.45) is 3.80. The number of aryl methyl sites for hydroxylation is 1. The molecule has 0 aromatic heterocycles. The summed E-state index contributed by atoms with van der Waals surface area (Å²) in [5.74, 6) is 1.36. The van der Waals surface area contributed by atoms with Gasteiger partial charge in [0.05, 0.1) is 6.61 Å². The van der Waals surface area contributed by atoms with E-state index in [9.17, 15) is 4.79 Å². The van der Waals surface area contributed by atoms with E-state index < -0.39 is 5.60 Å². The first-order chi connectivity index (χ1) is 11.0. The molecule has 1 aromatic carbocycles. The molecule has 1 amide bonds. The average molecular weight is 319 g/mol. The Hall–Kier alpha value is -1.55. The molecule has 0 heterocycles. The first-order valence-corrected chi connectivity index (χ1v) is 8.69. The summed E-state index contributed by atoms with van der Waals surface area (Å²) >= 11 is 0. The van der Waals surface area contributed by atoms with Crippen molar-refractivity contribution in [2.75, 3.05) is 18.5 Å². The predicted octanol–water partition coefficient (Wildman–Crippen LogP) is 4.32. The quantitative estimate of drug-likeness (QED) is 0.849. The van der Waals surface area contributed by atoms with Crippen molar-refractivity contribution < 1.29 is 14.3 Å². The van der Waals surface area contributed by atoms with E-state index in [1.165, 1.54) is 6.42 Å².